The summed E-state index contributed by atoms with van der Waals surface area (Å²) in [7, 11) is 0. The van der Waals surface area contributed by atoms with Gasteiger partial charge in [-0.05, 0) is 19.3 Å². The van der Waals surface area contributed by atoms with Gasteiger partial charge in [-0.15, -0.1) is 0 Å². The van der Waals surface area contributed by atoms with Gasteiger partial charge in [0.15, 0.2) is 0 Å². The zero-order valence-electron chi connectivity index (χ0n) is 8.72. The third-order valence-electron chi connectivity index (χ3n) is 1.87. The first-order valence-electron chi connectivity index (χ1n) is 4.79. The molecule has 0 saturated carbocycles. The molecule has 0 bridgehead atoms. The Morgan fingerprint density at radius 3 is 2.29 bits per heavy atom. The van der Waals surface area contributed by atoms with Crippen LogP contribution in [0.3, 0.4) is 0 Å². The summed E-state index contributed by atoms with van der Waals surface area (Å²) in [6.07, 6.45) is 4.65. The van der Waals surface area contributed by atoms with Crippen LogP contribution < -0.4 is 5.73 Å². The summed E-state index contributed by atoms with van der Waals surface area (Å²) in [5.41, 5.74) is 4.91. The van der Waals surface area contributed by atoms with Crippen LogP contribution >= 0.6 is 0 Å². The van der Waals surface area contributed by atoms with Crippen molar-refractivity contribution in [3.63, 3.8) is 0 Å². The van der Waals surface area contributed by atoms with Crippen molar-refractivity contribution >= 4 is 6.09 Å². The van der Waals surface area contributed by atoms with Crippen LogP contribution in [0.5, 0.6) is 0 Å². The molecule has 1 atom stereocenters. The number of nitrogens with two attached hydrogens (primary N) is 1. The summed E-state index contributed by atoms with van der Waals surface area (Å²) < 4.78 is 12.9. The van der Waals surface area contributed by atoms with Crippen molar-refractivity contribution in [3.8, 4) is 0 Å². The van der Waals surface area contributed by atoms with Crippen LogP contribution in [0.2, 0.25) is 0 Å². The van der Waals surface area contributed by atoms with E-state index in [0.29, 0.717) is 0 Å². The first-order chi connectivity index (χ1) is 6.70. The quantitative estimate of drug-likeness (QED) is 0.604. The Morgan fingerprint density at radius 1 is 1.36 bits per heavy atom. The molecule has 0 aromatic rings. The Hall–Kier alpha value is -0.190. The summed E-state index contributed by atoms with van der Waals surface area (Å²) >= 11 is 1.70. The van der Waals surface area contributed by atoms with E-state index in [9.17, 15) is 4.79 Å². The van der Waals surface area contributed by atoms with Crippen molar-refractivity contribution in [2.45, 2.75) is 52.1 Å². The standard InChI is InChI=1S/C9H19NO2.Ag.O/c1-3-5-6-7-8(4-2)12-9(10)11;;/h8H,3-7H2,1-2H3,(H2,10,11);;. The normalized spacial score (nSPS) is 11.1. The first kappa shape index (κ1) is 16.2. The van der Waals surface area contributed by atoms with Gasteiger partial charge in [-0.3, -0.25) is 0 Å². The first-order valence-corrected chi connectivity index (χ1v) is 5.39. The zero-order chi connectivity index (χ0) is 11.4. The average Bonchev–Trinajstić information content (AvgIpc) is 2.19. The molecule has 0 aliphatic carbocycles. The molecule has 89 valence electrons. The van der Waals surface area contributed by atoms with E-state index in [1.54, 1.807) is 21.0 Å². The van der Waals surface area contributed by atoms with E-state index in [4.69, 9.17) is 13.7 Å². The summed E-state index contributed by atoms with van der Waals surface area (Å²) in [6.45, 7) is 4.15. The molecule has 0 radical (unpaired) electrons. The van der Waals surface area contributed by atoms with Crippen molar-refractivity contribution in [2.24, 2.45) is 5.73 Å². The number of hydrogen-bond donors (Lipinski definition) is 1. The molecule has 0 aliphatic heterocycles. The molecule has 0 fully saturated rings. The molecular formula is C9H19AgNO3. The van der Waals surface area contributed by atoms with E-state index in [1.807, 2.05) is 6.92 Å². The molecule has 1 amide bonds. The van der Waals surface area contributed by atoms with Gasteiger partial charge >= 0.3 is 30.4 Å². The summed E-state index contributed by atoms with van der Waals surface area (Å²) in [5.74, 6) is 0. The molecule has 0 rings (SSSR count). The average molecular weight is 297 g/mol. The number of hydrogen-bond acceptors (Lipinski definition) is 3. The van der Waals surface area contributed by atoms with Crippen molar-refractivity contribution < 1.29 is 33.8 Å². The number of rotatable bonds is 6. The van der Waals surface area contributed by atoms with E-state index in [0.717, 1.165) is 19.3 Å². The van der Waals surface area contributed by atoms with Crippen LogP contribution in [-0.4, -0.2) is 12.2 Å². The summed E-state index contributed by atoms with van der Waals surface area (Å²) in [5, 5.41) is 0. The number of unbranched alkanes of at least 4 members (excludes halogenated alkanes) is 2. The predicted molar refractivity (Wildman–Crippen MR) is 49.6 cm³/mol. The van der Waals surface area contributed by atoms with Gasteiger partial charge in [-0.2, -0.15) is 0 Å². The molecule has 0 aliphatic rings. The van der Waals surface area contributed by atoms with Crippen molar-refractivity contribution in [3.05, 3.63) is 0 Å². The Bertz CT molecular complexity index is 144. The molecular weight excluding hydrogens is 278 g/mol. The Kier molecular flexibility index (Phi) is 14.9. The fraction of sp³-hybridized carbons (Fsp3) is 0.889. The van der Waals surface area contributed by atoms with Crippen molar-refractivity contribution in [1.29, 1.82) is 0 Å². The van der Waals surface area contributed by atoms with Crippen LogP contribution in [0.4, 0.5) is 4.79 Å². The van der Waals surface area contributed by atoms with E-state index >= 15 is 0 Å². The monoisotopic (exact) mass is 296 g/mol. The van der Waals surface area contributed by atoms with Crippen LogP contribution in [0.15, 0.2) is 0 Å². The number of carbonyl (C=O) groups excluding carboxylic acids is 1. The van der Waals surface area contributed by atoms with Gasteiger partial charge < -0.3 is 10.5 Å². The third-order valence-corrected chi connectivity index (χ3v) is 1.87. The molecule has 14 heavy (non-hydrogen) atoms. The van der Waals surface area contributed by atoms with Gasteiger partial charge in [0, 0.05) is 0 Å². The molecule has 4 nitrogen and oxygen atoms in total. The van der Waals surface area contributed by atoms with Crippen LogP contribution in [0, 0.1) is 0 Å². The molecule has 0 aromatic heterocycles. The molecule has 2 N–H and O–H groups in total. The second-order valence-corrected chi connectivity index (χ2v) is 2.96. The number of ether oxygens (including phenoxy) is 1. The van der Waals surface area contributed by atoms with Crippen molar-refractivity contribution in [1.82, 2.24) is 0 Å². The van der Waals surface area contributed by atoms with E-state index < -0.39 is 6.09 Å². The zero-order valence-corrected chi connectivity index (χ0v) is 10.2. The molecule has 0 heterocycles. The van der Waals surface area contributed by atoms with Gasteiger partial charge in [0.1, 0.15) is 6.10 Å². The summed E-state index contributed by atoms with van der Waals surface area (Å²) in [4.78, 5) is 10.4. The summed E-state index contributed by atoms with van der Waals surface area (Å²) in [6, 6.07) is 0. The van der Waals surface area contributed by atoms with E-state index in [1.165, 1.54) is 12.8 Å². The van der Waals surface area contributed by atoms with Crippen molar-refractivity contribution in [2.75, 3.05) is 0 Å². The fourth-order valence-electron chi connectivity index (χ4n) is 1.13. The van der Waals surface area contributed by atoms with E-state index in [2.05, 4.69) is 6.92 Å². The topological polar surface area (TPSA) is 69.4 Å². The predicted octanol–water partition coefficient (Wildman–Crippen LogP) is 2.32. The minimum atomic E-state index is -0.654. The number of amides is 1. The minimum absolute atomic E-state index is 0.0223. The van der Waals surface area contributed by atoms with Gasteiger partial charge in [0.05, 0.1) is 0 Å². The van der Waals surface area contributed by atoms with Gasteiger partial charge in [0.2, 0.25) is 0 Å². The number of primary amides is 1. The molecule has 0 saturated heterocycles. The SMILES string of the molecule is CCCCCC(CC)OC(N)=O.[O]=[Ag]. The Labute approximate surface area is 97.8 Å². The second kappa shape index (κ2) is 12.8. The third kappa shape index (κ3) is 11.8. The molecule has 5 heteroatoms. The molecule has 1 unspecified atom stereocenters. The molecule has 0 aromatic carbocycles. The van der Waals surface area contributed by atoms with E-state index in [-0.39, 0.29) is 6.10 Å². The Balaban J connectivity index is 0. The van der Waals surface area contributed by atoms with Gasteiger partial charge in [-0.1, -0.05) is 26.7 Å². The second-order valence-electron chi connectivity index (χ2n) is 2.96. The van der Waals surface area contributed by atoms with Crippen LogP contribution in [-0.2, 0) is 29.0 Å². The fourth-order valence-corrected chi connectivity index (χ4v) is 1.13. The van der Waals surface area contributed by atoms with Gasteiger partial charge in [-0.25, -0.2) is 4.79 Å². The van der Waals surface area contributed by atoms with Crippen LogP contribution in [0.25, 0.3) is 0 Å². The van der Waals surface area contributed by atoms with Gasteiger partial charge in [0.25, 0.3) is 0 Å². The Morgan fingerprint density at radius 2 is 1.93 bits per heavy atom. The maximum absolute atomic E-state index is 10.4. The number of carbonyl (C=O) groups is 1. The molecule has 0 spiro atoms. The van der Waals surface area contributed by atoms with Crippen LogP contribution in [0.1, 0.15) is 46.0 Å². The maximum atomic E-state index is 10.4.